The molecule has 1 heteroatoms. The van der Waals surface area contributed by atoms with E-state index in [1.807, 2.05) is 13.8 Å². The summed E-state index contributed by atoms with van der Waals surface area (Å²) < 4.78 is 0. The second-order valence-corrected chi connectivity index (χ2v) is 5.03. The number of carbonyl (C=O) groups is 1. The third kappa shape index (κ3) is 8.46. The molecule has 0 N–H and O–H groups in total. The largest absolute Gasteiger partial charge is 0.299 e. The van der Waals surface area contributed by atoms with Gasteiger partial charge in [0.05, 0.1) is 0 Å². The van der Waals surface area contributed by atoms with E-state index in [1.165, 1.54) is 11.1 Å². The summed E-state index contributed by atoms with van der Waals surface area (Å²) >= 11 is 0. The van der Waals surface area contributed by atoms with Gasteiger partial charge in [0, 0.05) is 12.3 Å². The lowest BCUT2D eigenvalue weighted by Gasteiger charge is -2.02. The van der Waals surface area contributed by atoms with Crippen molar-refractivity contribution in [2.45, 2.75) is 60.3 Å². The summed E-state index contributed by atoms with van der Waals surface area (Å²) in [6.07, 6.45) is 8.29. The standard InChI is InChI=1S/C15H26O/c1-12(2)8-6-9-14(5)10-7-11-15(16)13(3)4/h8,10,13H,6-7,9,11H2,1-5H3. The molecule has 0 unspecified atom stereocenters. The van der Waals surface area contributed by atoms with Crippen molar-refractivity contribution < 1.29 is 4.79 Å². The number of carbonyl (C=O) groups excluding carboxylic acids is 1. The van der Waals surface area contributed by atoms with Crippen LogP contribution in [0.3, 0.4) is 0 Å². The van der Waals surface area contributed by atoms with E-state index in [1.54, 1.807) is 0 Å². The number of ketones is 1. The fraction of sp³-hybridized carbons (Fsp3) is 0.667. The third-order valence-corrected chi connectivity index (χ3v) is 2.62. The van der Waals surface area contributed by atoms with Crippen LogP contribution in [0.2, 0.25) is 0 Å². The molecule has 0 aliphatic rings. The maximum Gasteiger partial charge on any atom is 0.135 e. The van der Waals surface area contributed by atoms with Crippen LogP contribution >= 0.6 is 0 Å². The molecule has 0 saturated carbocycles. The first kappa shape index (κ1) is 15.2. The summed E-state index contributed by atoms with van der Waals surface area (Å²) in [5.41, 5.74) is 2.77. The van der Waals surface area contributed by atoms with Gasteiger partial charge in [-0.3, -0.25) is 4.79 Å². The van der Waals surface area contributed by atoms with E-state index in [0.717, 1.165) is 19.3 Å². The van der Waals surface area contributed by atoms with Gasteiger partial charge in [-0.25, -0.2) is 0 Å². The monoisotopic (exact) mass is 222 g/mol. The first-order valence-corrected chi connectivity index (χ1v) is 6.25. The van der Waals surface area contributed by atoms with Gasteiger partial charge < -0.3 is 0 Å². The van der Waals surface area contributed by atoms with Crippen molar-refractivity contribution in [3.05, 3.63) is 23.3 Å². The van der Waals surface area contributed by atoms with E-state index in [2.05, 4.69) is 32.9 Å². The zero-order valence-corrected chi connectivity index (χ0v) is 11.5. The van der Waals surface area contributed by atoms with Crippen LogP contribution in [0.25, 0.3) is 0 Å². The van der Waals surface area contributed by atoms with Gasteiger partial charge in [-0.05, 0) is 40.0 Å². The highest BCUT2D eigenvalue weighted by Crippen LogP contribution is 2.10. The summed E-state index contributed by atoms with van der Waals surface area (Å²) in [6, 6.07) is 0. The van der Waals surface area contributed by atoms with Crippen molar-refractivity contribution in [1.82, 2.24) is 0 Å². The Balaban J connectivity index is 3.79. The third-order valence-electron chi connectivity index (χ3n) is 2.62. The lowest BCUT2D eigenvalue weighted by Crippen LogP contribution is -2.05. The Morgan fingerprint density at radius 1 is 1.00 bits per heavy atom. The van der Waals surface area contributed by atoms with Crippen LogP contribution in [0.15, 0.2) is 23.3 Å². The Labute approximate surface area is 101 Å². The Kier molecular flexibility index (Phi) is 7.88. The molecule has 0 fully saturated rings. The molecule has 0 saturated heterocycles. The van der Waals surface area contributed by atoms with Crippen LogP contribution < -0.4 is 0 Å². The zero-order chi connectivity index (χ0) is 12.6. The molecule has 0 heterocycles. The predicted octanol–water partition coefficient (Wildman–Crippen LogP) is 4.68. The number of hydrogen-bond donors (Lipinski definition) is 0. The lowest BCUT2D eigenvalue weighted by atomic mass is 10.0. The van der Waals surface area contributed by atoms with E-state index in [4.69, 9.17) is 0 Å². The van der Waals surface area contributed by atoms with Crippen LogP contribution in [0.5, 0.6) is 0 Å². The minimum atomic E-state index is 0.180. The lowest BCUT2D eigenvalue weighted by molar-refractivity contribution is -0.121. The Bertz CT molecular complexity index is 265. The van der Waals surface area contributed by atoms with Gasteiger partial charge >= 0.3 is 0 Å². The average molecular weight is 222 g/mol. The van der Waals surface area contributed by atoms with Crippen LogP contribution in [0.1, 0.15) is 60.3 Å². The highest BCUT2D eigenvalue weighted by atomic mass is 16.1. The minimum Gasteiger partial charge on any atom is -0.299 e. The van der Waals surface area contributed by atoms with E-state index < -0.39 is 0 Å². The van der Waals surface area contributed by atoms with Crippen LogP contribution in [-0.2, 0) is 4.79 Å². The fourth-order valence-electron chi connectivity index (χ4n) is 1.44. The summed E-state index contributed by atoms with van der Waals surface area (Å²) in [5, 5.41) is 0. The van der Waals surface area contributed by atoms with Crippen LogP contribution in [-0.4, -0.2) is 5.78 Å². The predicted molar refractivity (Wildman–Crippen MR) is 71.5 cm³/mol. The second-order valence-electron chi connectivity index (χ2n) is 5.03. The Morgan fingerprint density at radius 2 is 1.56 bits per heavy atom. The molecule has 0 radical (unpaired) electrons. The molecule has 92 valence electrons. The normalized spacial score (nSPS) is 11.8. The van der Waals surface area contributed by atoms with Crippen molar-refractivity contribution in [2.75, 3.05) is 0 Å². The molecule has 0 amide bonds. The molecule has 0 bridgehead atoms. The minimum absolute atomic E-state index is 0.180. The second kappa shape index (κ2) is 8.32. The number of Topliss-reactive ketones (excluding diaryl/α,β-unsaturated/α-hetero) is 1. The van der Waals surface area contributed by atoms with Gasteiger partial charge in [-0.15, -0.1) is 0 Å². The Morgan fingerprint density at radius 3 is 2.06 bits per heavy atom. The van der Waals surface area contributed by atoms with Crippen molar-refractivity contribution >= 4 is 5.78 Å². The molecule has 0 aromatic rings. The maximum absolute atomic E-state index is 11.4. The van der Waals surface area contributed by atoms with E-state index in [0.29, 0.717) is 12.2 Å². The maximum atomic E-state index is 11.4. The molecule has 16 heavy (non-hydrogen) atoms. The SMILES string of the molecule is CC(C)=CCCC(C)=CCCC(=O)C(C)C. The molecule has 0 aromatic heterocycles. The molecule has 0 aromatic carbocycles. The van der Waals surface area contributed by atoms with Crippen LogP contribution in [0, 0.1) is 5.92 Å². The van der Waals surface area contributed by atoms with Gasteiger partial charge in [0.2, 0.25) is 0 Å². The molecular formula is C15H26O. The fourth-order valence-corrected chi connectivity index (χ4v) is 1.44. The summed E-state index contributed by atoms with van der Waals surface area (Å²) in [5.74, 6) is 0.549. The molecular weight excluding hydrogens is 196 g/mol. The van der Waals surface area contributed by atoms with E-state index in [-0.39, 0.29) is 5.92 Å². The zero-order valence-electron chi connectivity index (χ0n) is 11.5. The van der Waals surface area contributed by atoms with Gasteiger partial charge in [-0.2, -0.15) is 0 Å². The summed E-state index contributed by atoms with van der Waals surface area (Å²) in [6.45, 7) is 10.3. The highest BCUT2D eigenvalue weighted by molar-refractivity contribution is 5.80. The van der Waals surface area contributed by atoms with E-state index in [9.17, 15) is 4.79 Å². The molecule has 0 aliphatic carbocycles. The Hall–Kier alpha value is -0.850. The summed E-state index contributed by atoms with van der Waals surface area (Å²) in [4.78, 5) is 11.4. The van der Waals surface area contributed by atoms with Gasteiger partial charge in [-0.1, -0.05) is 37.1 Å². The highest BCUT2D eigenvalue weighted by Gasteiger charge is 2.04. The van der Waals surface area contributed by atoms with Gasteiger partial charge in [0.1, 0.15) is 5.78 Å². The topological polar surface area (TPSA) is 17.1 Å². The summed E-state index contributed by atoms with van der Waals surface area (Å²) in [7, 11) is 0. The molecule has 0 aliphatic heterocycles. The molecule has 0 spiro atoms. The van der Waals surface area contributed by atoms with Gasteiger partial charge in [0.25, 0.3) is 0 Å². The molecule has 0 rings (SSSR count). The number of rotatable bonds is 7. The van der Waals surface area contributed by atoms with Crippen molar-refractivity contribution in [1.29, 1.82) is 0 Å². The first-order chi connectivity index (χ1) is 7.43. The van der Waals surface area contributed by atoms with Crippen LogP contribution in [0.4, 0.5) is 0 Å². The average Bonchev–Trinajstić information content (AvgIpc) is 2.16. The number of hydrogen-bond acceptors (Lipinski definition) is 1. The first-order valence-electron chi connectivity index (χ1n) is 6.25. The molecule has 1 nitrogen and oxygen atoms in total. The van der Waals surface area contributed by atoms with Crippen molar-refractivity contribution in [3.8, 4) is 0 Å². The number of allylic oxidation sites excluding steroid dienone is 4. The quantitative estimate of drug-likeness (QED) is 0.571. The molecule has 0 atom stereocenters. The van der Waals surface area contributed by atoms with Crippen molar-refractivity contribution in [3.63, 3.8) is 0 Å². The smallest absolute Gasteiger partial charge is 0.135 e. The van der Waals surface area contributed by atoms with Crippen molar-refractivity contribution in [2.24, 2.45) is 5.92 Å². The van der Waals surface area contributed by atoms with E-state index >= 15 is 0 Å². The van der Waals surface area contributed by atoms with Gasteiger partial charge in [0.15, 0.2) is 0 Å².